The first-order chi connectivity index (χ1) is 32.3. The highest BCUT2D eigenvalue weighted by molar-refractivity contribution is 6.10. The second-order valence-corrected chi connectivity index (χ2v) is 15.3. The molecular weight excluding hydrogens is 888 g/mol. The summed E-state index contributed by atoms with van der Waals surface area (Å²) in [6, 6.07) is 10.0. The molecule has 2 aliphatic rings. The third kappa shape index (κ3) is 13.7. The summed E-state index contributed by atoms with van der Waals surface area (Å²) in [5, 5.41) is 94.8. The molecular formula is C43H54N6O18. The fourth-order valence-electron chi connectivity index (χ4n) is 6.75. The molecule has 4 heterocycles. The Morgan fingerprint density at radius 1 is 0.612 bits per heavy atom. The van der Waals surface area contributed by atoms with Crippen molar-refractivity contribution in [2.24, 2.45) is 0 Å². The molecule has 2 aromatic heterocycles. The van der Waals surface area contributed by atoms with Crippen LogP contribution in [0.5, 0.6) is 23.0 Å². The van der Waals surface area contributed by atoms with Crippen molar-refractivity contribution in [2.75, 3.05) is 40.6 Å². The quantitative estimate of drug-likeness (QED) is 0.0276. The zero-order valence-electron chi connectivity index (χ0n) is 36.4. The van der Waals surface area contributed by atoms with E-state index in [1.165, 1.54) is 35.7 Å². The Morgan fingerprint density at radius 2 is 1.03 bits per heavy atom. The lowest BCUT2D eigenvalue weighted by molar-refractivity contribution is -0.301. The van der Waals surface area contributed by atoms with Gasteiger partial charge in [-0.15, -0.1) is 10.2 Å². The van der Waals surface area contributed by atoms with E-state index in [4.69, 9.17) is 37.9 Å². The summed E-state index contributed by atoms with van der Waals surface area (Å²) in [5.74, 6) is 0.705. The minimum atomic E-state index is -1.55. The number of allylic oxidation sites excluding steroid dienone is 2. The molecule has 2 aromatic carbocycles. The number of aliphatic hydroxyl groups is 8. The highest BCUT2D eigenvalue weighted by atomic mass is 16.7. The number of hydrogen-bond donors (Lipinski definition) is 8. The Balaban J connectivity index is 0.908. The van der Waals surface area contributed by atoms with Crippen molar-refractivity contribution < 1.29 is 88.3 Å². The maximum Gasteiger partial charge on any atom is 0.186 e. The van der Waals surface area contributed by atoms with Gasteiger partial charge >= 0.3 is 0 Å². The molecule has 10 atom stereocenters. The molecule has 0 aliphatic carbocycles. The Morgan fingerprint density at radius 3 is 1.42 bits per heavy atom. The summed E-state index contributed by atoms with van der Waals surface area (Å²) in [6.07, 6.45) is -5.22. The lowest BCUT2D eigenvalue weighted by Gasteiger charge is -2.39. The predicted molar refractivity (Wildman–Crippen MR) is 227 cm³/mol. The second kappa shape index (κ2) is 24.3. The van der Waals surface area contributed by atoms with Crippen molar-refractivity contribution in [3.05, 3.63) is 83.5 Å². The van der Waals surface area contributed by atoms with Crippen LogP contribution in [-0.2, 0) is 54.8 Å². The van der Waals surface area contributed by atoms with Gasteiger partial charge in [0.15, 0.2) is 47.1 Å². The monoisotopic (exact) mass is 942 g/mol. The van der Waals surface area contributed by atoms with Crippen molar-refractivity contribution >= 4 is 23.7 Å². The molecule has 2 saturated heterocycles. The number of rotatable bonds is 24. The number of carbonyl (C=O) groups is 2. The number of aromatic nitrogens is 6. The van der Waals surface area contributed by atoms with Crippen LogP contribution in [0.15, 0.2) is 60.9 Å². The SMILES string of the molecule is COc1cc(/C=C/C(=O)CC(=O)/C=C/c2ccc(OCc3cn(CCOC4OC(CO)C(O)C(O)C4O)nn3)c(OC)c2)ccc1OCc1cn(CCOC2OC(CO)C(O)C(O)C2O)nn1. The van der Waals surface area contributed by atoms with Crippen molar-refractivity contribution in [2.45, 2.75) is 94.1 Å². The second-order valence-electron chi connectivity index (χ2n) is 15.3. The van der Waals surface area contributed by atoms with E-state index in [1.54, 1.807) is 60.9 Å². The van der Waals surface area contributed by atoms with E-state index in [2.05, 4.69) is 20.6 Å². The number of benzene rings is 2. The van der Waals surface area contributed by atoms with E-state index in [1.807, 2.05) is 0 Å². The molecule has 10 unspecified atom stereocenters. The summed E-state index contributed by atoms with van der Waals surface area (Å²) in [5.41, 5.74) is 2.19. The van der Waals surface area contributed by atoms with Gasteiger partial charge < -0.3 is 78.7 Å². The maximum atomic E-state index is 12.7. The first-order valence-electron chi connectivity index (χ1n) is 21.0. The number of methoxy groups -OCH3 is 2. The zero-order chi connectivity index (χ0) is 48.0. The Kier molecular flexibility index (Phi) is 18.4. The van der Waals surface area contributed by atoms with E-state index in [0.717, 1.165) is 0 Å². The zero-order valence-corrected chi connectivity index (χ0v) is 36.4. The van der Waals surface area contributed by atoms with E-state index >= 15 is 0 Å². The van der Waals surface area contributed by atoms with Crippen LogP contribution in [0.4, 0.5) is 0 Å². The fraction of sp³-hybridized carbons (Fsp3) is 0.488. The van der Waals surface area contributed by atoms with Crippen molar-refractivity contribution in [1.82, 2.24) is 30.0 Å². The average molecular weight is 943 g/mol. The molecule has 4 aromatic rings. The molecule has 0 spiro atoms. The Bertz CT molecular complexity index is 2130. The standard InChI is InChI=1S/C43H54N6O18/c1-60-32-15-24(5-9-30(32)64-22-26-18-48(46-44-26)11-13-62-42-40(58)38(56)36(54)34(20-50)66-42)3-7-28(52)17-29(53)8-4-25-6-10-31(33(16-25)61-2)65-23-27-19-49(47-45-27)12-14-63-43-41(59)39(57)37(55)35(21-51)67-43/h3-10,15-16,18-19,34-43,50-51,54-59H,11-14,17,20-23H2,1-2H3/b7-3+,8-4+. The molecule has 0 saturated carbocycles. The van der Waals surface area contributed by atoms with Gasteiger partial charge in [0.05, 0.1) is 72.6 Å². The molecule has 0 radical (unpaired) electrons. The van der Waals surface area contributed by atoms with E-state index in [0.29, 0.717) is 45.5 Å². The van der Waals surface area contributed by atoms with Crippen molar-refractivity contribution in [3.8, 4) is 23.0 Å². The van der Waals surface area contributed by atoms with Gasteiger partial charge in [-0.3, -0.25) is 9.59 Å². The first kappa shape index (κ1) is 50.7. The minimum Gasteiger partial charge on any atom is -0.493 e. The van der Waals surface area contributed by atoms with Gasteiger partial charge in [-0.25, -0.2) is 9.36 Å². The third-order valence-electron chi connectivity index (χ3n) is 10.5. The first-order valence-corrected chi connectivity index (χ1v) is 21.0. The number of hydrogen-bond acceptors (Lipinski definition) is 22. The number of ether oxygens (including phenoxy) is 8. The third-order valence-corrected chi connectivity index (χ3v) is 10.5. The molecule has 67 heavy (non-hydrogen) atoms. The largest absolute Gasteiger partial charge is 0.493 e. The Hall–Kier alpha value is -5.74. The van der Waals surface area contributed by atoms with Gasteiger partial charge in [0.25, 0.3) is 0 Å². The summed E-state index contributed by atoms with van der Waals surface area (Å²) in [4.78, 5) is 25.4. The molecule has 2 aliphatic heterocycles. The maximum absolute atomic E-state index is 12.7. The molecule has 24 nitrogen and oxygen atoms in total. The van der Waals surface area contributed by atoms with Gasteiger partial charge in [-0.05, 0) is 47.5 Å². The van der Waals surface area contributed by atoms with Crippen LogP contribution in [0.2, 0.25) is 0 Å². The molecule has 2 fully saturated rings. The summed E-state index contributed by atoms with van der Waals surface area (Å²) in [6.45, 7) is -0.656. The van der Waals surface area contributed by atoms with Crippen LogP contribution in [0, 0.1) is 0 Å². The summed E-state index contributed by atoms with van der Waals surface area (Å²) in [7, 11) is 2.92. The highest BCUT2D eigenvalue weighted by Gasteiger charge is 2.45. The summed E-state index contributed by atoms with van der Waals surface area (Å²) >= 11 is 0. The number of nitrogens with zero attached hydrogens (tertiary/aromatic N) is 6. The number of aliphatic hydroxyl groups excluding tert-OH is 8. The van der Waals surface area contributed by atoms with E-state index < -0.39 is 86.2 Å². The van der Waals surface area contributed by atoms with Gasteiger partial charge in [-0.2, -0.15) is 0 Å². The molecule has 364 valence electrons. The van der Waals surface area contributed by atoms with Gasteiger partial charge in [0.1, 0.15) is 73.4 Å². The normalized spacial score (nSPS) is 25.4. The predicted octanol–water partition coefficient (Wildman–Crippen LogP) is -2.07. The van der Waals surface area contributed by atoms with Crippen molar-refractivity contribution in [3.63, 3.8) is 0 Å². The van der Waals surface area contributed by atoms with Crippen LogP contribution in [0.1, 0.15) is 28.9 Å². The van der Waals surface area contributed by atoms with Crippen LogP contribution >= 0.6 is 0 Å². The number of ketones is 2. The molecule has 8 N–H and O–H groups in total. The van der Waals surface area contributed by atoms with Crippen molar-refractivity contribution in [1.29, 1.82) is 0 Å². The Labute approximate surface area is 382 Å². The van der Waals surface area contributed by atoms with E-state index in [-0.39, 0.29) is 45.9 Å². The lowest BCUT2D eigenvalue weighted by Crippen LogP contribution is -2.59. The minimum absolute atomic E-state index is 0.00576. The van der Waals surface area contributed by atoms with Gasteiger partial charge in [-0.1, -0.05) is 34.7 Å². The molecule has 0 bridgehead atoms. The smallest absolute Gasteiger partial charge is 0.186 e. The molecule has 24 heteroatoms. The van der Waals surface area contributed by atoms with E-state index in [9.17, 15) is 50.4 Å². The molecule has 6 rings (SSSR count). The van der Waals surface area contributed by atoms with Crippen LogP contribution in [0.3, 0.4) is 0 Å². The fourth-order valence-corrected chi connectivity index (χ4v) is 6.75. The van der Waals surface area contributed by atoms with Gasteiger partial charge in [0.2, 0.25) is 0 Å². The topological polar surface area (TPSA) is 331 Å². The van der Waals surface area contributed by atoms with Crippen LogP contribution in [-0.4, -0.2) is 184 Å². The summed E-state index contributed by atoms with van der Waals surface area (Å²) < 4.78 is 47.3. The number of carbonyl (C=O) groups excluding carboxylic acids is 2. The lowest BCUT2D eigenvalue weighted by atomic mass is 9.99. The average Bonchev–Trinajstić information content (AvgIpc) is 4.00. The van der Waals surface area contributed by atoms with Crippen LogP contribution in [0.25, 0.3) is 12.2 Å². The highest BCUT2D eigenvalue weighted by Crippen LogP contribution is 2.31. The van der Waals surface area contributed by atoms with Crippen LogP contribution < -0.4 is 18.9 Å². The molecule has 0 amide bonds. The van der Waals surface area contributed by atoms with Gasteiger partial charge in [0, 0.05) is 0 Å².